The number of ether oxygens (including phenoxy) is 2. The number of carbonyl (C=O) groups is 1. The van der Waals surface area contributed by atoms with Crippen LogP contribution >= 0.6 is 0 Å². The molecular weight excluding hydrogens is 389 g/mol. The van der Waals surface area contributed by atoms with E-state index in [0.29, 0.717) is 24.4 Å². The van der Waals surface area contributed by atoms with Crippen molar-refractivity contribution in [3.63, 3.8) is 0 Å². The highest BCUT2D eigenvalue weighted by Crippen LogP contribution is 2.31. The maximum Gasteiger partial charge on any atom is 0.573 e. The molecule has 0 atom stereocenters. The Morgan fingerprint density at radius 3 is 2.72 bits per heavy atom. The summed E-state index contributed by atoms with van der Waals surface area (Å²) in [6.07, 6.45) is -4.31. The largest absolute Gasteiger partial charge is 0.573 e. The van der Waals surface area contributed by atoms with E-state index in [1.165, 1.54) is 18.2 Å². The fraction of sp³-hybridized carbons (Fsp3) is 0.263. The molecule has 1 heterocycles. The second-order valence-electron chi connectivity index (χ2n) is 6.09. The lowest BCUT2D eigenvalue weighted by Crippen LogP contribution is -2.39. The Hall–Kier alpha value is -3.43. The van der Waals surface area contributed by atoms with Crippen LogP contribution in [0.4, 0.5) is 24.5 Å². The summed E-state index contributed by atoms with van der Waals surface area (Å²) in [5.74, 6) is 0.0145. The monoisotopic (exact) mass is 408 g/mol. The van der Waals surface area contributed by atoms with Crippen LogP contribution in [0.1, 0.15) is 6.42 Å². The maximum absolute atomic E-state index is 12.5. The molecule has 0 radical (unpaired) electrons. The molecule has 1 amide bonds. The first-order valence-electron chi connectivity index (χ1n) is 8.77. The summed E-state index contributed by atoms with van der Waals surface area (Å²) in [5, 5.41) is 2.60. The predicted octanol–water partition coefficient (Wildman–Crippen LogP) is 3.13. The van der Waals surface area contributed by atoms with Gasteiger partial charge in [0.1, 0.15) is 5.75 Å². The van der Waals surface area contributed by atoms with E-state index < -0.39 is 12.1 Å². The average Bonchev–Trinajstić information content (AvgIpc) is 2.67. The van der Waals surface area contributed by atoms with Crippen LogP contribution in [0.25, 0.3) is 0 Å². The van der Waals surface area contributed by atoms with Gasteiger partial charge in [-0.15, -0.1) is 13.2 Å². The molecular formula is C19H19F3N4O3. The molecule has 2 aromatic rings. The number of nitrogens with one attached hydrogen (secondary N) is 1. The number of carbonyl (C=O) groups excluding carboxylic acids is 1. The topological polar surface area (TPSA) is 89.2 Å². The van der Waals surface area contributed by atoms with Gasteiger partial charge < -0.3 is 25.4 Å². The quantitative estimate of drug-likeness (QED) is 0.436. The molecule has 3 N–H and O–H groups in total. The molecule has 29 heavy (non-hydrogen) atoms. The summed E-state index contributed by atoms with van der Waals surface area (Å²) in [6.45, 7) is 0.650. The lowest BCUT2D eigenvalue weighted by Gasteiger charge is -2.29. The van der Waals surface area contributed by atoms with Crippen LogP contribution in [0, 0.1) is 0 Å². The number of anilines is 2. The zero-order valence-corrected chi connectivity index (χ0v) is 15.3. The second-order valence-corrected chi connectivity index (χ2v) is 6.09. The second kappa shape index (κ2) is 8.72. The number of amides is 1. The number of rotatable bonds is 6. The first-order chi connectivity index (χ1) is 13.8. The first-order valence-corrected chi connectivity index (χ1v) is 8.77. The van der Waals surface area contributed by atoms with E-state index in [2.05, 4.69) is 15.0 Å². The maximum atomic E-state index is 12.5. The number of halogens is 3. The van der Waals surface area contributed by atoms with Gasteiger partial charge in [0.2, 0.25) is 0 Å². The zero-order valence-electron chi connectivity index (χ0n) is 15.3. The fourth-order valence-electron chi connectivity index (χ4n) is 2.79. The van der Waals surface area contributed by atoms with E-state index in [9.17, 15) is 18.0 Å². The third kappa shape index (κ3) is 5.53. The molecule has 0 unspecified atom stereocenters. The normalized spacial score (nSPS) is 14.2. The highest BCUT2D eigenvalue weighted by Gasteiger charge is 2.32. The van der Waals surface area contributed by atoms with Crippen molar-refractivity contribution in [2.24, 2.45) is 10.7 Å². The van der Waals surface area contributed by atoms with E-state index in [1.807, 2.05) is 12.1 Å². The molecule has 2 aromatic carbocycles. The number of para-hydroxylation sites is 4. The number of hydrogen-bond acceptors (Lipinski definition) is 4. The number of guanidine groups is 1. The Labute approximate surface area is 164 Å². The number of fused-ring (bicyclic) bond motifs is 1. The van der Waals surface area contributed by atoms with Crippen molar-refractivity contribution >= 4 is 23.2 Å². The first kappa shape index (κ1) is 20.3. The summed E-state index contributed by atoms with van der Waals surface area (Å²) < 4.78 is 46.7. The van der Waals surface area contributed by atoms with Gasteiger partial charge in [-0.1, -0.05) is 24.3 Å². The van der Waals surface area contributed by atoms with Crippen molar-refractivity contribution in [3.05, 3.63) is 48.5 Å². The van der Waals surface area contributed by atoms with Gasteiger partial charge in [0.15, 0.2) is 18.3 Å². The number of alkyl halides is 3. The highest BCUT2D eigenvalue weighted by atomic mass is 19.4. The molecule has 154 valence electrons. The molecule has 0 saturated carbocycles. The Balaban J connectivity index is 1.56. The summed E-state index contributed by atoms with van der Waals surface area (Å²) >= 11 is 0. The molecule has 0 bridgehead atoms. The Kier molecular flexibility index (Phi) is 6.10. The molecule has 0 fully saturated rings. The van der Waals surface area contributed by atoms with E-state index in [1.54, 1.807) is 23.1 Å². The molecule has 7 nitrogen and oxygen atoms in total. The third-order valence-corrected chi connectivity index (χ3v) is 4.01. The minimum Gasteiger partial charge on any atom is -0.482 e. The molecule has 0 saturated heterocycles. The van der Waals surface area contributed by atoms with E-state index >= 15 is 0 Å². The Bertz CT molecular complexity index is 902. The van der Waals surface area contributed by atoms with Crippen LogP contribution < -0.4 is 25.4 Å². The molecule has 1 aliphatic rings. The molecule has 1 aliphatic heterocycles. The summed E-state index contributed by atoms with van der Waals surface area (Å²) in [4.78, 5) is 17.8. The highest BCUT2D eigenvalue weighted by molar-refractivity contribution is 5.97. The standard InChI is InChI=1S/C19H19F3N4O3/c20-19(21,22)29-15-8-3-1-6-13(15)25-18(23)24-10-5-11-26-14-7-2-4-9-16(14)28-12-17(26)27/h1-4,6-9H,5,10-12H2,(H3,23,24,25). The minimum absolute atomic E-state index is 0.0278. The van der Waals surface area contributed by atoms with Gasteiger partial charge >= 0.3 is 6.36 Å². The Morgan fingerprint density at radius 1 is 1.21 bits per heavy atom. The predicted molar refractivity (Wildman–Crippen MR) is 102 cm³/mol. The van der Waals surface area contributed by atoms with Crippen molar-refractivity contribution in [3.8, 4) is 11.5 Å². The van der Waals surface area contributed by atoms with Crippen LogP contribution in [-0.4, -0.2) is 37.9 Å². The van der Waals surface area contributed by atoms with Crippen molar-refractivity contribution < 1.29 is 27.4 Å². The van der Waals surface area contributed by atoms with Crippen LogP contribution in [0.5, 0.6) is 11.5 Å². The van der Waals surface area contributed by atoms with Gasteiger partial charge in [-0.05, 0) is 30.7 Å². The zero-order chi connectivity index (χ0) is 20.9. The van der Waals surface area contributed by atoms with E-state index in [0.717, 1.165) is 0 Å². The van der Waals surface area contributed by atoms with Crippen molar-refractivity contribution in [2.45, 2.75) is 12.8 Å². The van der Waals surface area contributed by atoms with Crippen molar-refractivity contribution in [2.75, 3.05) is 29.9 Å². The van der Waals surface area contributed by atoms with Gasteiger partial charge in [0.05, 0.1) is 11.4 Å². The SMILES string of the molecule is NC(=NCCCN1C(=O)COc2ccccc21)Nc1ccccc1OC(F)(F)F. The summed E-state index contributed by atoms with van der Waals surface area (Å²) in [6, 6.07) is 12.7. The number of nitrogens with two attached hydrogens (primary N) is 1. The molecule has 3 rings (SSSR count). The van der Waals surface area contributed by atoms with Gasteiger partial charge in [0, 0.05) is 13.1 Å². The van der Waals surface area contributed by atoms with Gasteiger partial charge in [0.25, 0.3) is 5.91 Å². The fourth-order valence-corrected chi connectivity index (χ4v) is 2.79. The number of benzene rings is 2. The number of aliphatic imine (C=N–C) groups is 1. The van der Waals surface area contributed by atoms with Crippen LogP contribution in [0.15, 0.2) is 53.5 Å². The smallest absolute Gasteiger partial charge is 0.482 e. The lowest BCUT2D eigenvalue weighted by atomic mass is 10.2. The van der Waals surface area contributed by atoms with Gasteiger partial charge in [-0.3, -0.25) is 9.79 Å². The van der Waals surface area contributed by atoms with Gasteiger partial charge in [-0.25, -0.2) is 0 Å². The van der Waals surface area contributed by atoms with Gasteiger partial charge in [-0.2, -0.15) is 0 Å². The third-order valence-electron chi connectivity index (χ3n) is 4.01. The molecule has 0 aliphatic carbocycles. The van der Waals surface area contributed by atoms with E-state index in [-0.39, 0.29) is 30.7 Å². The summed E-state index contributed by atoms with van der Waals surface area (Å²) in [5.41, 5.74) is 6.50. The van der Waals surface area contributed by atoms with Crippen LogP contribution in [0.3, 0.4) is 0 Å². The average molecular weight is 408 g/mol. The molecule has 10 heteroatoms. The molecule has 0 spiro atoms. The minimum atomic E-state index is -4.81. The summed E-state index contributed by atoms with van der Waals surface area (Å²) in [7, 11) is 0. The van der Waals surface area contributed by atoms with Crippen molar-refractivity contribution in [1.29, 1.82) is 0 Å². The Morgan fingerprint density at radius 2 is 1.93 bits per heavy atom. The van der Waals surface area contributed by atoms with Crippen LogP contribution in [-0.2, 0) is 4.79 Å². The van der Waals surface area contributed by atoms with Crippen LogP contribution in [0.2, 0.25) is 0 Å². The lowest BCUT2D eigenvalue weighted by molar-refractivity contribution is -0.274. The van der Waals surface area contributed by atoms with Crippen molar-refractivity contribution in [1.82, 2.24) is 0 Å². The molecule has 0 aromatic heterocycles. The number of nitrogens with zero attached hydrogens (tertiary/aromatic N) is 2. The van der Waals surface area contributed by atoms with E-state index in [4.69, 9.17) is 10.5 Å². The number of hydrogen-bond donors (Lipinski definition) is 2.